The molecule has 4 unspecified atom stereocenters. The number of ether oxygens (including phenoxy) is 1. The van der Waals surface area contributed by atoms with E-state index in [0.717, 1.165) is 61.7 Å². The van der Waals surface area contributed by atoms with E-state index in [2.05, 4.69) is 58.5 Å². The molecule has 2 fully saturated rings. The Morgan fingerprint density at radius 1 is 1.20 bits per heavy atom. The Morgan fingerprint density at radius 2 is 1.97 bits per heavy atom. The summed E-state index contributed by atoms with van der Waals surface area (Å²) in [5.74, 6) is 2.61. The van der Waals surface area contributed by atoms with Crippen LogP contribution in [0.4, 0.5) is 5.82 Å². The molecule has 0 bridgehead atoms. The highest BCUT2D eigenvalue weighted by Gasteiger charge is 2.35. The van der Waals surface area contributed by atoms with Crippen molar-refractivity contribution in [3.8, 4) is 17.0 Å². The molecule has 1 saturated carbocycles. The summed E-state index contributed by atoms with van der Waals surface area (Å²) in [5, 5.41) is 22.8. The minimum atomic E-state index is -0.174. The molecule has 4 rings (SSSR count). The molecule has 2 aliphatic rings. The van der Waals surface area contributed by atoms with Crippen LogP contribution in [0.5, 0.6) is 5.75 Å². The number of rotatable bonds is 8. The average Bonchev–Trinajstić information content (AvgIpc) is 3.11. The van der Waals surface area contributed by atoms with Gasteiger partial charge >= 0.3 is 0 Å². The highest BCUT2D eigenvalue weighted by atomic mass is 16.5. The molecular formula is C24H34N4O2. The molecule has 30 heavy (non-hydrogen) atoms. The molecule has 2 aromatic rings. The van der Waals surface area contributed by atoms with E-state index in [-0.39, 0.29) is 6.10 Å². The van der Waals surface area contributed by atoms with Crippen LogP contribution in [0.2, 0.25) is 0 Å². The first-order valence-corrected chi connectivity index (χ1v) is 11.3. The van der Waals surface area contributed by atoms with Gasteiger partial charge in [-0.2, -0.15) is 0 Å². The van der Waals surface area contributed by atoms with Gasteiger partial charge in [0.1, 0.15) is 0 Å². The number of benzene rings is 1. The van der Waals surface area contributed by atoms with Gasteiger partial charge in [-0.25, -0.2) is 0 Å². The van der Waals surface area contributed by atoms with Gasteiger partial charge in [0.05, 0.1) is 18.9 Å². The lowest BCUT2D eigenvalue weighted by Gasteiger charge is -2.32. The molecule has 1 aliphatic heterocycles. The Hall–Kier alpha value is -2.18. The topological polar surface area (TPSA) is 70.5 Å². The molecule has 162 valence electrons. The number of aliphatic hydroxyl groups excluding tert-OH is 1. The summed E-state index contributed by atoms with van der Waals surface area (Å²) in [4.78, 5) is 2.19. The van der Waals surface area contributed by atoms with Crippen molar-refractivity contribution >= 4 is 5.82 Å². The summed E-state index contributed by atoms with van der Waals surface area (Å²) in [7, 11) is 1.69. The summed E-state index contributed by atoms with van der Waals surface area (Å²) in [6, 6.07) is 10.8. The zero-order valence-corrected chi connectivity index (χ0v) is 18.3. The summed E-state index contributed by atoms with van der Waals surface area (Å²) in [5.41, 5.74) is 3.09. The number of nitrogens with zero attached hydrogens (tertiary/aromatic N) is 3. The van der Waals surface area contributed by atoms with Crippen molar-refractivity contribution in [1.82, 2.24) is 15.5 Å². The van der Waals surface area contributed by atoms with E-state index in [0.29, 0.717) is 17.9 Å². The Kier molecular flexibility index (Phi) is 6.54. The van der Waals surface area contributed by atoms with Gasteiger partial charge in [-0.15, -0.1) is 10.2 Å². The van der Waals surface area contributed by atoms with E-state index >= 15 is 0 Å². The van der Waals surface area contributed by atoms with Crippen LogP contribution in [-0.4, -0.2) is 47.6 Å². The number of aromatic nitrogens is 2. The third-order valence-electron chi connectivity index (χ3n) is 6.91. The smallest absolute Gasteiger partial charge is 0.193 e. The molecule has 1 aliphatic carbocycles. The highest BCUT2D eigenvalue weighted by Crippen LogP contribution is 2.34. The van der Waals surface area contributed by atoms with Crippen LogP contribution in [-0.2, 0) is 6.54 Å². The van der Waals surface area contributed by atoms with Gasteiger partial charge in [0.15, 0.2) is 11.6 Å². The Morgan fingerprint density at radius 3 is 2.60 bits per heavy atom. The molecule has 6 nitrogen and oxygen atoms in total. The molecule has 1 aromatic carbocycles. The van der Waals surface area contributed by atoms with Crippen LogP contribution in [0, 0.1) is 11.8 Å². The van der Waals surface area contributed by atoms with Gasteiger partial charge in [0, 0.05) is 37.3 Å². The molecule has 2 N–H and O–H groups in total. The standard InChI is InChI=1S/C24H34N4O2/c1-4-16(2)20-12-19(13-22(20)29)25-15-17-6-8-18(9-7-17)21-14-23(30-3)24(27-26-21)28-10-5-11-28/h6-9,14,16,19-20,22,25,29H,4-5,10-13,15H2,1-3H3. The molecule has 0 spiro atoms. The maximum absolute atomic E-state index is 10.4. The van der Waals surface area contributed by atoms with E-state index in [1.54, 1.807) is 7.11 Å². The lowest BCUT2D eigenvalue weighted by Crippen LogP contribution is -2.38. The number of aliphatic hydroxyl groups is 1. The zero-order chi connectivity index (χ0) is 21.1. The molecule has 2 heterocycles. The molecule has 0 radical (unpaired) electrons. The van der Waals surface area contributed by atoms with E-state index in [1.807, 2.05) is 6.07 Å². The van der Waals surface area contributed by atoms with Crippen LogP contribution in [0.15, 0.2) is 30.3 Å². The van der Waals surface area contributed by atoms with Crippen molar-refractivity contribution < 1.29 is 9.84 Å². The molecule has 4 atom stereocenters. The van der Waals surface area contributed by atoms with Crippen molar-refractivity contribution in [2.75, 3.05) is 25.1 Å². The van der Waals surface area contributed by atoms with E-state index in [1.165, 1.54) is 12.0 Å². The van der Waals surface area contributed by atoms with Crippen molar-refractivity contribution in [1.29, 1.82) is 0 Å². The second-order valence-corrected chi connectivity index (χ2v) is 8.83. The van der Waals surface area contributed by atoms with Crippen LogP contribution < -0.4 is 15.0 Å². The van der Waals surface area contributed by atoms with E-state index < -0.39 is 0 Å². The first kappa shape index (κ1) is 21.1. The number of methoxy groups -OCH3 is 1. The third-order valence-corrected chi connectivity index (χ3v) is 6.91. The fourth-order valence-corrected chi connectivity index (χ4v) is 4.59. The summed E-state index contributed by atoms with van der Waals surface area (Å²) < 4.78 is 5.55. The molecule has 1 aromatic heterocycles. The molecular weight excluding hydrogens is 376 g/mol. The summed E-state index contributed by atoms with van der Waals surface area (Å²) >= 11 is 0. The molecule has 6 heteroatoms. The Labute approximate surface area is 179 Å². The Balaban J connectivity index is 1.36. The first-order valence-electron chi connectivity index (χ1n) is 11.3. The zero-order valence-electron chi connectivity index (χ0n) is 18.3. The molecule has 0 amide bonds. The van der Waals surface area contributed by atoms with Crippen molar-refractivity contribution in [2.45, 2.75) is 58.2 Å². The second kappa shape index (κ2) is 9.31. The fourth-order valence-electron chi connectivity index (χ4n) is 4.59. The molecule has 1 saturated heterocycles. The van der Waals surface area contributed by atoms with Gasteiger partial charge in [0.2, 0.25) is 0 Å². The quantitative estimate of drug-likeness (QED) is 0.692. The minimum Gasteiger partial charge on any atom is -0.493 e. The summed E-state index contributed by atoms with van der Waals surface area (Å²) in [6.07, 6.45) is 4.06. The van der Waals surface area contributed by atoms with Crippen molar-refractivity contribution in [3.63, 3.8) is 0 Å². The normalized spacial score (nSPS) is 24.5. The van der Waals surface area contributed by atoms with Gasteiger partial charge in [-0.1, -0.05) is 44.5 Å². The second-order valence-electron chi connectivity index (χ2n) is 8.83. The highest BCUT2D eigenvalue weighted by molar-refractivity contribution is 5.65. The van der Waals surface area contributed by atoms with E-state index in [9.17, 15) is 5.11 Å². The first-order chi connectivity index (χ1) is 14.6. The van der Waals surface area contributed by atoms with Gasteiger partial charge in [-0.05, 0) is 36.7 Å². The fraction of sp³-hybridized carbons (Fsp3) is 0.583. The predicted molar refractivity (Wildman–Crippen MR) is 120 cm³/mol. The maximum Gasteiger partial charge on any atom is 0.193 e. The van der Waals surface area contributed by atoms with Gasteiger partial charge in [-0.3, -0.25) is 0 Å². The Bertz CT molecular complexity index is 838. The third kappa shape index (κ3) is 4.44. The lowest BCUT2D eigenvalue weighted by atomic mass is 9.89. The average molecular weight is 411 g/mol. The number of hydrogen-bond acceptors (Lipinski definition) is 6. The van der Waals surface area contributed by atoms with Crippen LogP contribution in [0.1, 0.15) is 45.1 Å². The number of nitrogens with one attached hydrogen (secondary N) is 1. The summed E-state index contributed by atoms with van der Waals surface area (Å²) in [6.45, 7) is 7.30. The predicted octanol–water partition coefficient (Wildman–Crippen LogP) is 3.64. The monoisotopic (exact) mass is 410 g/mol. The SMILES string of the molecule is CCC(C)C1CC(NCc2ccc(-c3cc(OC)c(N4CCC4)nn3)cc2)CC1O. The van der Waals surface area contributed by atoms with E-state index in [4.69, 9.17) is 4.74 Å². The van der Waals surface area contributed by atoms with Crippen LogP contribution >= 0.6 is 0 Å². The van der Waals surface area contributed by atoms with Gasteiger partial charge in [0.25, 0.3) is 0 Å². The maximum atomic E-state index is 10.4. The van der Waals surface area contributed by atoms with Crippen molar-refractivity contribution in [3.05, 3.63) is 35.9 Å². The van der Waals surface area contributed by atoms with Gasteiger partial charge < -0.3 is 20.1 Å². The van der Waals surface area contributed by atoms with Crippen LogP contribution in [0.3, 0.4) is 0 Å². The largest absolute Gasteiger partial charge is 0.493 e. The number of hydrogen-bond donors (Lipinski definition) is 2. The minimum absolute atomic E-state index is 0.174. The lowest BCUT2D eigenvalue weighted by molar-refractivity contribution is 0.101. The number of anilines is 1. The van der Waals surface area contributed by atoms with Crippen LogP contribution in [0.25, 0.3) is 11.3 Å². The van der Waals surface area contributed by atoms with Crippen molar-refractivity contribution in [2.24, 2.45) is 11.8 Å².